The van der Waals surface area contributed by atoms with Gasteiger partial charge in [0, 0.05) is 6.54 Å². The monoisotopic (exact) mass is 197 g/mol. The molecule has 1 heterocycles. The molecule has 3 nitrogen and oxygen atoms in total. The minimum absolute atomic E-state index is 0.212. The zero-order valence-electron chi connectivity index (χ0n) is 5.83. The van der Waals surface area contributed by atoms with E-state index in [2.05, 4.69) is 0 Å². The van der Waals surface area contributed by atoms with Gasteiger partial charge in [0.1, 0.15) is 4.84 Å². The first kappa shape index (κ1) is 8.94. The number of halogens is 2. The van der Waals surface area contributed by atoms with E-state index in [9.17, 15) is 4.79 Å². The lowest BCUT2D eigenvalue weighted by molar-refractivity contribution is 0.142. The number of likely N-dealkylation sites (tertiary alicyclic amines) is 1. The molecule has 0 radical (unpaired) electrons. The number of carboxylic acid groups (broad SMARTS) is 1. The highest BCUT2D eigenvalue weighted by Gasteiger charge is 2.32. The first-order valence-corrected chi connectivity index (χ1v) is 4.28. The van der Waals surface area contributed by atoms with Crippen LogP contribution in [-0.2, 0) is 0 Å². The Morgan fingerprint density at radius 3 is 2.64 bits per heavy atom. The maximum absolute atomic E-state index is 10.5. The normalized spacial score (nSPS) is 24.6. The Kier molecular flexibility index (Phi) is 2.84. The van der Waals surface area contributed by atoms with Crippen molar-refractivity contribution in [2.75, 3.05) is 6.54 Å². The van der Waals surface area contributed by atoms with E-state index in [4.69, 9.17) is 28.3 Å². The number of rotatable bonds is 1. The lowest BCUT2D eigenvalue weighted by Gasteiger charge is -2.21. The smallest absolute Gasteiger partial charge is 0.407 e. The van der Waals surface area contributed by atoms with Gasteiger partial charge in [-0.3, -0.25) is 0 Å². The van der Waals surface area contributed by atoms with Crippen LogP contribution in [0.15, 0.2) is 0 Å². The molecule has 0 aromatic heterocycles. The van der Waals surface area contributed by atoms with Gasteiger partial charge in [0.15, 0.2) is 0 Å². The maximum Gasteiger partial charge on any atom is 0.407 e. The van der Waals surface area contributed by atoms with Gasteiger partial charge in [-0.1, -0.05) is 0 Å². The fourth-order valence-corrected chi connectivity index (χ4v) is 1.82. The van der Waals surface area contributed by atoms with Crippen LogP contribution >= 0.6 is 23.2 Å². The van der Waals surface area contributed by atoms with E-state index < -0.39 is 10.9 Å². The summed E-state index contributed by atoms with van der Waals surface area (Å²) in [6.45, 7) is 0.552. The summed E-state index contributed by atoms with van der Waals surface area (Å²) in [4.78, 5) is 11.2. The van der Waals surface area contributed by atoms with Crippen LogP contribution in [0.4, 0.5) is 4.79 Å². The molecule has 1 aliphatic heterocycles. The summed E-state index contributed by atoms with van der Waals surface area (Å²) in [5.74, 6) is 0. The number of hydrogen-bond acceptors (Lipinski definition) is 1. The van der Waals surface area contributed by atoms with Gasteiger partial charge in [-0.15, -0.1) is 23.2 Å². The molecule has 64 valence electrons. The van der Waals surface area contributed by atoms with Crippen molar-refractivity contribution in [3.05, 3.63) is 0 Å². The summed E-state index contributed by atoms with van der Waals surface area (Å²) in [6.07, 6.45) is 0.690. The van der Waals surface area contributed by atoms with Crippen molar-refractivity contribution < 1.29 is 9.90 Å². The molecule has 0 bridgehead atoms. The quantitative estimate of drug-likeness (QED) is 0.654. The van der Waals surface area contributed by atoms with Crippen molar-refractivity contribution in [2.45, 2.75) is 23.7 Å². The molecule has 1 rings (SSSR count). The van der Waals surface area contributed by atoms with Crippen LogP contribution in [-0.4, -0.2) is 33.5 Å². The van der Waals surface area contributed by atoms with Gasteiger partial charge in [-0.05, 0) is 12.8 Å². The second-order valence-electron chi connectivity index (χ2n) is 2.52. The summed E-state index contributed by atoms with van der Waals surface area (Å²) in [5.41, 5.74) is 0. The van der Waals surface area contributed by atoms with E-state index in [0.29, 0.717) is 6.54 Å². The van der Waals surface area contributed by atoms with E-state index >= 15 is 0 Å². The number of alkyl halides is 2. The van der Waals surface area contributed by atoms with Crippen molar-refractivity contribution >= 4 is 29.3 Å². The third kappa shape index (κ3) is 1.91. The summed E-state index contributed by atoms with van der Waals surface area (Å²) >= 11 is 11.2. The van der Waals surface area contributed by atoms with Crippen molar-refractivity contribution in [1.29, 1.82) is 0 Å². The highest BCUT2D eigenvalue weighted by molar-refractivity contribution is 6.44. The van der Waals surface area contributed by atoms with Crippen molar-refractivity contribution in [2.24, 2.45) is 0 Å². The van der Waals surface area contributed by atoms with E-state index in [0.717, 1.165) is 12.8 Å². The molecule has 11 heavy (non-hydrogen) atoms. The van der Waals surface area contributed by atoms with Crippen LogP contribution in [0.5, 0.6) is 0 Å². The Bertz CT molecular complexity index is 163. The van der Waals surface area contributed by atoms with E-state index in [1.165, 1.54) is 4.90 Å². The molecule has 1 amide bonds. The van der Waals surface area contributed by atoms with Crippen LogP contribution in [0.25, 0.3) is 0 Å². The van der Waals surface area contributed by atoms with Gasteiger partial charge in [-0.25, -0.2) is 4.79 Å². The minimum atomic E-state index is -0.932. The number of amides is 1. The van der Waals surface area contributed by atoms with Crippen molar-refractivity contribution in [3.63, 3.8) is 0 Å². The van der Waals surface area contributed by atoms with Crippen molar-refractivity contribution in [3.8, 4) is 0 Å². The zero-order valence-corrected chi connectivity index (χ0v) is 7.35. The largest absolute Gasteiger partial charge is 0.465 e. The Balaban J connectivity index is 2.58. The molecule has 1 saturated heterocycles. The van der Waals surface area contributed by atoms with Gasteiger partial charge in [0.25, 0.3) is 0 Å². The second kappa shape index (κ2) is 3.50. The fraction of sp³-hybridized carbons (Fsp3) is 0.833. The molecule has 1 aliphatic rings. The van der Waals surface area contributed by atoms with Crippen LogP contribution < -0.4 is 0 Å². The zero-order chi connectivity index (χ0) is 8.43. The van der Waals surface area contributed by atoms with E-state index in [1.54, 1.807) is 0 Å². The molecule has 1 fully saturated rings. The molecule has 0 aromatic carbocycles. The lowest BCUT2D eigenvalue weighted by Crippen LogP contribution is -2.37. The molecule has 0 unspecified atom stereocenters. The molecule has 0 spiro atoms. The lowest BCUT2D eigenvalue weighted by atomic mass is 10.2. The third-order valence-electron chi connectivity index (χ3n) is 1.84. The molecule has 0 aromatic rings. The highest BCUT2D eigenvalue weighted by Crippen LogP contribution is 2.25. The SMILES string of the molecule is O=C(O)N1CCC[C@H]1C(Cl)Cl. The minimum Gasteiger partial charge on any atom is -0.465 e. The van der Waals surface area contributed by atoms with Gasteiger partial charge in [0.05, 0.1) is 6.04 Å². The van der Waals surface area contributed by atoms with Crippen molar-refractivity contribution in [1.82, 2.24) is 4.90 Å². The fourth-order valence-electron chi connectivity index (χ4n) is 1.29. The Morgan fingerprint density at radius 2 is 2.27 bits per heavy atom. The standard InChI is InChI=1S/C6H9Cl2NO2/c7-5(8)4-2-1-3-9(4)6(10)11/h4-5H,1-3H2,(H,10,11)/t4-/m0/s1. The topological polar surface area (TPSA) is 40.5 Å². The average Bonchev–Trinajstić information content (AvgIpc) is 2.32. The molecular formula is C6H9Cl2NO2. The van der Waals surface area contributed by atoms with E-state index in [-0.39, 0.29) is 6.04 Å². The highest BCUT2D eigenvalue weighted by atomic mass is 35.5. The van der Waals surface area contributed by atoms with Crippen LogP contribution in [0.3, 0.4) is 0 Å². The number of hydrogen-bond donors (Lipinski definition) is 1. The Hall–Kier alpha value is -0.150. The summed E-state index contributed by atoms with van der Waals surface area (Å²) in [6, 6.07) is -0.212. The van der Waals surface area contributed by atoms with Gasteiger partial charge < -0.3 is 10.0 Å². The number of nitrogens with zero attached hydrogens (tertiary/aromatic N) is 1. The summed E-state index contributed by atoms with van der Waals surface area (Å²) < 4.78 is 0. The van der Waals surface area contributed by atoms with Gasteiger partial charge in [0.2, 0.25) is 0 Å². The predicted octanol–water partition coefficient (Wildman–Crippen LogP) is 1.93. The van der Waals surface area contributed by atoms with Crippen LogP contribution in [0.1, 0.15) is 12.8 Å². The second-order valence-corrected chi connectivity index (χ2v) is 3.68. The Morgan fingerprint density at radius 1 is 1.64 bits per heavy atom. The molecule has 0 saturated carbocycles. The van der Waals surface area contributed by atoms with Gasteiger partial charge in [-0.2, -0.15) is 0 Å². The number of carbonyl (C=O) groups is 1. The summed E-state index contributed by atoms with van der Waals surface area (Å²) in [5, 5.41) is 8.64. The molecular weight excluding hydrogens is 189 g/mol. The molecule has 1 atom stereocenters. The molecule has 5 heteroatoms. The van der Waals surface area contributed by atoms with Gasteiger partial charge >= 0.3 is 6.09 Å². The maximum atomic E-state index is 10.5. The van der Waals surface area contributed by atoms with Crippen LogP contribution in [0.2, 0.25) is 0 Å². The average molecular weight is 198 g/mol. The molecule has 1 N–H and O–H groups in total. The first-order valence-electron chi connectivity index (χ1n) is 3.40. The predicted molar refractivity (Wildman–Crippen MR) is 43.2 cm³/mol. The third-order valence-corrected chi connectivity index (χ3v) is 2.42. The van der Waals surface area contributed by atoms with Crippen LogP contribution in [0, 0.1) is 0 Å². The summed E-state index contributed by atoms with van der Waals surface area (Å²) in [7, 11) is 0. The Labute approximate surface area is 74.9 Å². The van der Waals surface area contributed by atoms with E-state index in [1.807, 2.05) is 0 Å². The molecule has 0 aliphatic carbocycles. The first-order chi connectivity index (χ1) is 5.13.